The summed E-state index contributed by atoms with van der Waals surface area (Å²) in [5.41, 5.74) is 0. The highest BCUT2D eigenvalue weighted by molar-refractivity contribution is 5.76. The van der Waals surface area contributed by atoms with Crippen molar-refractivity contribution in [1.82, 2.24) is 14.7 Å². The molecule has 0 saturated carbocycles. The molecule has 2 fully saturated rings. The van der Waals surface area contributed by atoms with Gasteiger partial charge in [0.2, 0.25) is 0 Å². The van der Waals surface area contributed by atoms with Gasteiger partial charge in [0, 0.05) is 45.3 Å². The molecule has 0 aromatic heterocycles. The highest BCUT2D eigenvalue weighted by Gasteiger charge is 2.34. The summed E-state index contributed by atoms with van der Waals surface area (Å²) in [7, 11) is 0. The zero-order chi connectivity index (χ0) is 15.4. The molecule has 7 heteroatoms. The average Bonchev–Trinajstić information content (AvgIpc) is 2.47. The van der Waals surface area contributed by atoms with Gasteiger partial charge in [-0.05, 0) is 19.8 Å². The number of rotatable bonds is 3. The SMILES string of the molecule is CC1CC(C(=O)O)CCN1C(=O)N1CCN(CCO)CC1. The predicted octanol–water partition coefficient (Wildman–Crippen LogP) is -0.0986. The van der Waals surface area contributed by atoms with E-state index in [9.17, 15) is 9.59 Å². The number of nitrogens with zero attached hydrogens (tertiary/aromatic N) is 3. The minimum Gasteiger partial charge on any atom is -0.481 e. The zero-order valence-corrected chi connectivity index (χ0v) is 12.6. The van der Waals surface area contributed by atoms with E-state index >= 15 is 0 Å². The van der Waals surface area contributed by atoms with Gasteiger partial charge in [-0.3, -0.25) is 9.69 Å². The van der Waals surface area contributed by atoms with Crippen LogP contribution in [0.1, 0.15) is 19.8 Å². The molecule has 120 valence electrons. The van der Waals surface area contributed by atoms with Crippen molar-refractivity contribution >= 4 is 12.0 Å². The van der Waals surface area contributed by atoms with Crippen molar-refractivity contribution in [2.45, 2.75) is 25.8 Å². The molecule has 0 radical (unpaired) electrons. The molecular formula is C14H25N3O4. The van der Waals surface area contributed by atoms with Crippen LogP contribution in [0.3, 0.4) is 0 Å². The number of urea groups is 1. The summed E-state index contributed by atoms with van der Waals surface area (Å²) in [6.45, 7) is 6.16. The van der Waals surface area contributed by atoms with Crippen LogP contribution < -0.4 is 0 Å². The number of carbonyl (C=O) groups excluding carboxylic acids is 1. The number of carboxylic acid groups (broad SMARTS) is 1. The molecule has 0 aromatic rings. The van der Waals surface area contributed by atoms with Crippen molar-refractivity contribution in [2.75, 3.05) is 45.9 Å². The normalized spacial score (nSPS) is 27.7. The van der Waals surface area contributed by atoms with Crippen molar-refractivity contribution in [3.63, 3.8) is 0 Å². The topological polar surface area (TPSA) is 84.3 Å². The quantitative estimate of drug-likeness (QED) is 0.760. The van der Waals surface area contributed by atoms with Gasteiger partial charge in [-0.1, -0.05) is 0 Å². The van der Waals surface area contributed by atoms with Gasteiger partial charge in [-0.15, -0.1) is 0 Å². The number of hydrogen-bond donors (Lipinski definition) is 2. The van der Waals surface area contributed by atoms with Crippen LogP contribution >= 0.6 is 0 Å². The Kier molecular flexibility index (Phi) is 5.41. The molecule has 2 aliphatic rings. The number of carbonyl (C=O) groups is 2. The second kappa shape index (κ2) is 7.09. The third-order valence-corrected chi connectivity index (χ3v) is 4.53. The van der Waals surface area contributed by atoms with E-state index in [1.54, 1.807) is 4.90 Å². The Morgan fingerprint density at radius 3 is 2.33 bits per heavy atom. The minimum atomic E-state index is -0.758. The molecule has 2 atom stereocenters. The number of amides is 2. The number of likely N-dealkylation sites (tertiary alicyclic amines) is 1. The molecule has 21 heavy (non-hydrogen) atoms. The number of β-amino-alcohol motifs (C(OH)–C–C–N with tert-alkyl or cyclic N) is 1. The van der Waals surface area contributed by atoms with Crippen LogP contribution in [0.15, 0.2) is 0 Å². The van der Waals surface area contributed by atoms with Gasteiger partial charge in [0.15, 0.2) is 0 Å². The van der Waals surface area contributed by atoms with Crippen molar-refractivity contribution in [1.29, 1.82) is 0 Å². The van der Waals surface area contributed by atoms with Crippen molar-refractivity contribution in [3.05, 3.63) is 0 Å². The number of hydrogen-bond acceptors (Lipinski definition) is 4. The van der Waals surface area contributed by atoms with Gasteiger partial charge < -0.3 is 20.0 Å². The van der Waals surface area contributed by atoms with E-state index in [0.717, 1.165) is 13.1 Å². The van der Waals surface area contributed by atoms with E-state index in [2.05, 4.69) is 4.90 Å². The molecule has 0 spiro atoms. The fourth-order valence-electron chi connectivity index (χ4n) is 3.17. The maximum absolute atomic E-state index is 12.5. The van der Waals surface area contributed by atoms with Crippen LogP contribution in [0.4, 0.5) is 4.79 Å². The smallest absolute Gasteiger partial charge is 0.320 e. The second-order valence-corrected chi connectivity index (χ2v) is 5.94. The first kappa shape index (κ1) is 16.0. The van der Waals surface area contributed by atoms with E-state index in [4.69, 9.17) is 10.2 Å². The van der Waals surface area contributed by atoms with Crippen LogP contribution in [-0.4, -0.2) is 88.8 Å². The zero-order valence-electron chi connectivity index (χ0n) is 12.6. The van der Waals surface area contributed by atoms with Gasteiger partial charge in [-0.2, -0.15) is 0 Å². The number of aliphatic hydroxyl groups is 1. The number of aliphatic carboxylic acids is 1. The van der Waals surface area contributed by atoms with Crippen LogP contribution in [0, 0.1) is 5.92 Å². The van der Waals surface area contributed by atoms with Gasteiger partial charge in [0.1, 0.15) is 0 Å². The lowest BCUT2D eigenvalue weighted by molar-refractivity contribution is -0.143. The number of carboxylic acids is 1. The highest BCUT2D eigenvalue weighted by Crippen LogP contribution is 2.24. The fourth-order valence-corrected chi connectivity index (χ4v) is 3.17. The first-order chi connectivity index (χ1) is 10.0. The van der Waals surface area contributed by atoms with Crippen molar-refractivity contribution in [2.24, 2.45) is 5.92 Å². The lowest BCUT2D eigenvalue weighted by Gasteiger charge is -2.42. The third kappa shape index (κ3) is 3.85. The Morgan fingerprint density at radius 2 is 1.81 bits per heavy atom. The first-order valence-corrected chi connectivity index (χ1v) is 7.64. The Labute approximate surface area is 125 Å². The highest BCUT2D eigenvalue weighted by atomic mass is 16.4. The van der Waals surface area contributed by atoms with Crippen LogP contribution in [0.2, 0.25) is 0 Å². The van der Waals surface area contributed by atoms with E-state index in [0.29, 0.717) is 39.0 Å². The molecule has 7 nitrogen and oxygen atoms in total. The second-order valence-electron chi connectivity index (χ2n) is 5.94. The summed E-state index contributed by atoms with van der Waals surface area (Å²) < 4.78 is 0. The summed E-state index contributed by atoms with van der Waals surface area (Å²) in [5.74, 6) is -1.09. The number of piperidine rings is 1. The molecule has 2 aliphatic heterocycles. The van der Waals surface area contributed by atoms with E-state index in [-0.39, 0.29) is 24.6 Å². The van der Waals surface area contributed by atoms with E-state index in [1.165, 1.54) is 0 Å². The molecule has 0 aromatic carbocycles. The summed E-state index contributed by atoms with van der Waals surface area (Å²) in [4.78, 5) is 29.4. The Bertz CT molecular complexity index is 382. The van der Waals surface area contributed by atoms with Gasteiger partial charge in [-0.25, -0.2) is 4.79 Å². The van der Waals surface area contributed by atoms with Crippen LogP contribution in [0.5, 0.6) is 0 Å². The standard InChI is InChI=1S/C14H25N3O4/c1-11-10-12(13(19)20)2-3-17(11)14(21)16-6-4-15(5-7-16)8-9-18/h11-12,18H,2-10H2,1H3,(H,19,20). The summed E-state index contributed by atoms with van der Waals surface area (Å²) in [5, 5.41) is 18.0. The van der Waals surface area contributed by atoms with Crippen molar-refractivity contribution in [3.8, 4) is 0 Å². The molecule has 2 rings (SSSR count). The van der Waals surface area contributed by atoms with Crippen LogP contribution in [-0.2, 0) is 4.79 Å². The molecule has 0 aliphatic carbocycles. The summed E-state index contributed by atoms with van der Waals surface area (Å²) in [6, 6.07) is -0.00203. The lowest BCUT2D eigenvalue weighted by Crippen LogP contribution is -2.56. The average molecular weight is 299 g/mol. The van der Waals surface area contributed by atoms with Gasteiger partial charge in [0.25, 0.3) is 0 Å². The third-order valence-electron chi connectivity index (χ3n) is 4.53. The predicted molar refractivity (Wildman–Crippen MR) is 77.0 cm³/mol. The molecule has 2 N–H and O–H groups in total. The largest absolute Gasteiger partial charge is 0.481 e. The maximum Gasteiger partial charge on any atom is 0.320 e. The number of aliphatic hydroxyl groups excluding tert-OH is 1. The Morgan fingerprint density at radius 1 is 1.14 bits per heavy atom. The lowest BCUT2D eigenvalue weighted by atomic mass is 9.92. The van der Waals surface area contributed by atoms with E-state index in [1.807, 2.05) is 11.8 Å². The first-order valence-electron chi connectivity index (χ1n) is 7.64. The van der Waals surface area contributed by atoms with Crippen LogP contribution in [0.25, 0.3) is 0 Å². The summed E-state index contributed by atoms with van der Waals surface area (Å²) in [6.07, 6.45) is 1.07. The number of piperazine rings is 1. The fraction of sp³-hybridized carbons (Fsp3) is 0.857. The van der Waals surface area contributed by atoms with Gasteiger partial charge >= 0.3 is 12.0 Å². The Hall–Kier alpha value is -1.34. The van der Waals surface area contributed by atoms with E-state index < -0.39 is 5.97 Å². The molecule has 2 saturated heterocycles. The van der Waals surface area contributed by atoms with Gasteiger partial charge in [0.05, 0.1) is 12.5 Å². The molecule has 2 unspecified atom stereocenters. The monoisotopic (exact) mass is 299 g/mol. The molecular weight excluding hydrogens is 274 g/mol. The minimum absolute atomic E-state index is 0.0231. The molecule has 0 bridgehead atoms. The molecule has 2 heterocycles. The summed E-state index contributed by atoms with van der Waals surface area (Å²) >= 11 is 0. The Balaban J connectivity index is 1.85. The maximum atomic E-state index is 12.5. The van der Waals surface area contributed by atoms with Crippen molar-refractivity contribution < 1.29 is 19.8 Å². The molecule has 2 amide bonds.